The number of aromatic carboxylic acids is 1. The van der Waals surface area contributed by atoms with Crippen molar-refractivity contribution in [3.63, 3.8) is 0 Å². The highest BCUT2D eigenvalue weighted by Crippen LogP contribution is 2.14. The molecule has 72 valence electrons. The van der Waals surface area contributed by atoms with Gasteiger partial charge in [0.25, 0.3) is 0 Å². The molecule has 0 amide bonds. The molecular formula is C10H15NO2. The zero-order valence-corrected chi connectivity index (χ0v) is 8.22. The minimum atomic E-state index is -0.847. The van der Waals surface area contributed by atoms with Gasteiger partial charge in [0, 0.05) is 11.4 Å². The molecule has 0 unspecified atom stereocenters. The molecule has 3 heteroatoms. The van der Waals surface area contributed by atoms with Gasteiger partial charge in [-0.05, 0) is 25.3 Å². The Morgan fingerprint density at radius 3 is 2.69 bits per heavy atom. The van der Waals surface area contributed by atoms with E-state index < -0.39 is 5.97 Å². The molecule has 0 radical (unpaired) electrons. The number of H-pyrrole nitrogens is 1. The van der Waals surface area contributed by atoms with Crippen molar-refractivity contribution < 1.29 is 9.90 Å². The molecule has 1 rings (SSSR count). The molecule has 1 aromatic rings. The smallest absolute Gasteiger partial charge is 0.337 e. The van der Waals surface area contributed by atoms with E-state index >= 15 is 0 Å². The van der Waals surface area contributed by atoms with Gasteiger partial charge in [0.15, 0.2) is 0 Å². The van der Waals surface area contributed by atoms with Crippen molar-refractivity contribution in [1.29, 1.82) is 0 Å². The maximum absolute atomic E-state index is 10.8. The van der Waals surface area contributed by atoms with Crippen molar-refractivity contribution in [2.24, 2.45) is 5.92 Å². The Kier molecular flexibility index (Phi) is 2.76. The van der Waals surface area contributed by atoms with Gasteiger partial charge in [-0.1, -0.05) is 13.8 Å². The van der Waals surface area contributed by atoms with E-state index in [1.807, 2.05) is 6.92 Å². The van der Waals surface area contributed by atoms with Crippen LogP contribution in [0.15, 0.2) is 6.07 Å². The molecule has 0 atom stereocenters. The van der Waals surface area contributed by atoms with Gasteiger partial charge in [-0.3, -0.25) is 0 Å². The molecule has 1 aromatic heterocycles. The van der Waals surface area contributed by atoms with E-state index in [1.54, 1.807) is 6.07 Å². The van der Waals surface area contributed by atoms with E-state index in [9.17, 15) is 4.79 Å². The number of hydrogen-bond donors (Lipinski definition) is 2. The highest BCUT2D eigenvalue weighted by Gasteiger charge is 2.13. The minimum absolute atomic E-state index is 0.409. The number of hydrogen-bond acceptors (Lipinski definition) is 1. The van der Waals surface area contributed by atoms with Gasteiger partial charge in [0.1, 0.15) is 0 Å². The monoisotopic (exact) mass is 181 g/mol. The summed E-state index contributed by atoms with van der Waals surface area (Å²) in [5.74, 6) is -0.379. The number of aryl methyl sites for hydroxylation is 1. The first kappa shape index (κ1) is 9.84. The van der Waals surface area contributed by atoms with Gasteiger partial charge in [0.05, 0.1) is 5.56 Å². The number of carboxylic acid groups (broad SMARTS) is 1. The van der Waals surface area contributed by atoms with Crippen LogP contribution in [0.2, 0.25) is 0 Å². The number of rotatable bonds is 3. The van der Waals surface area contributed by atoms with Crippen LogP contribution in [0.4, 0.5) is 0 Å². The van der Waals surface area contributed by atoms with Crippen LogP contribution in [0.3, 0.4) is 0 Å². The molecule has 1 heterocycles. The second-order valence-corrected chi connectivity index (χ2v) is 3.75. The summed E-state index contributed by atoms with van der Waals surface area (Å²) in [4.78, 5) is 13.9. The fraction of sp³-hybridized carbons (Fsp3) is 0.500. The van der Waals surface area contributed by atoms with Gasteiger partial charge < -0.3 is 10.1 Å². The molecule has 0 aromatic carbocycles. The first-order chi connectivity index (χ1) is 6.00. The molecule has 0 bridgehead atoms. The quantitative estimate of drug-likeness (QED) is 0.751. The van der Waals surface area contributed by atoms with Gasteiger partial charge in [-0.2, -0.15) is 0 Å². The highest BCUT2D eigenvalue weighted by molar-refractivity contribution is 5.89. The van der Waals surface area contributed by atoms with Crippen molar-refractivity contribution in [2.75, 3.05) is 0 Å². The SMILES string of the molecule is Cc1cc(C(=O)O)c(CC(C)C)[nH]1. The molecule has 0 aliphatic heterocycles. The maximum atomic E-state index is 10.8. The Morgan fingerprint density at radius 2 is 2.23 bits per heavy atom. The van der Waals surface area contributed by atoms with Crippen LogP contribution >= 0.6 is 0 Å². The Labute approximate surface area is 77.8 Å². The van der Waals surface area contributed by atoms with E-state index in [0.29, 0.717) is 11.5 Å². The maximum Gasteiger partial charge on any atom is 0.337 e. The summed E-state index contributed by atoms with van der Waals surface area (Å²) in [5, 5.41) is 8.87. The molecule has 0 saturated carbocycles. The summed E-state index contributed by atoms with van der Waals surface area (Å²) >= 11 is 0. The molecule has 0 aliphatic rings. The van der Waals surface area contributed by atoms with Crippen LogP contribution in [-0.4, -0.2) is 16.1 Å². The molecule has 2 N–H and O–H groups in total. The van der Waals surface area contributed by atoms with Crippen molar-refractivity contribution >= 4 is 5.97 Å². The van der Waals surface area contributed by atoms with Crippen LogP contribution in [0.25, 0.3) is 0 Å². The average Bonchev–Trinajstić information content (AvgIpc) is 2.29. The molecule has 0 saturated heterocycles. The summed E-state index contributed by atoms with van der Waals surface area (Å²) in [5.41, 5.74) is 2.15. The normalized spacial score (nSPS) is 10.8. The zero-order chi connectivity index (χ0) is 10.0. The Balaban J connectivity index is 2.97. The number of aromatic nitrogens is 1. The first-order valence-electron chi connectivity index (χ1n) is 4.42. The lowest BCUT2D eigenvalue weighted by molar-refractivity contribution is 0.0695. The lowest BCUT2D eigenvalue weighted by Gasteiger charge is -2.03. The van der Waals surface area contributed by atoms with Crippen LogP contribution in [0, 0.1) is 12.8 Å². The van der Waals surface area contributed by atoms with Crippen LogP contribution in [-0.2, 0) is 6.42 Å². The van der Waals surface area contributed by atoms with Crippen LogP contribution in [0.5, 0.6) is 0 Å². The molecule has 13 heavy (non-hydrogen) atoms. The fourth-order valence-corrected chi connectivity index (χ4v) is 1.41. The molecule has 0 aliphatic carbocycles. The minimum Gasteiger partial charge on any atom is -0.478 e. The first-order valence-corrected chi connectivity index (χ1v) is 4.42. The fourth-order valence-electron chi connectivity index (χ4n) is 1.41. The average molecular weight is 181 g/mol. The predicted octanol–water partition coefficient (Wildman–Crippen LogP) is 2.22. The summed E-state index contributed by atoms with van der Waals surface area (Å²) in [7, 11) is 0. The third-order valence-corrected chi connectivity index (χ3v) is 1.88. The summed E-state index contributed by atoms with van der Waals surface area (Å²) in [6.07, 6.45) is 0.787. The second-order valence-electron chi connectivity index (χ2n) is 3.75. The zero-order valence-electron chi connectivity index (χ0n) is 8.22. The highest BCUT2D eigenvalue weighted by atomic mass is 16.4. The van der Waals surface area contributed by atoms with E-state index in [0.717, 1.165) is 17.8 Å². The topological polar surface area (TPSA) is 53.1 Å². The van der Waals surface area contributed by atoms with Crippen LogP contribution in [0.1, 0.15) is 35.6 Å². The van der Waals surface area contributed by atoms with E-state index in [4.69, 9.17) is 5.11 Å². The summed E-state index contributed by atoms with van der Waals surface area (Å²) in [6.45, 7) is 6.01. The Morgan fingerprint density at radius 1 is 1.62 bits per heavy atom. The van der Waals surface area contributed by atoms with Crippen LogP contribution < -0.4 is 0 Å². The molecule has 0 spiro atoms. The standard InChI is InChI=1S/C10H15NO2/c1-6(2)4-9-8(10(12)13)5-7(3)11-9/h5-6,11H,4H2,1-3H3,(H,12,13). The summed E-state index contributed by atoms with van der Waals surface area (Å²) < 4.78 is 0. The van der Waals surface area contributed by atoms with E-state index in [1.165, 1.54) is 0 Å². The van der Waals surface area contributed by atoms with Gasteiger partial charge in [0.2, 0.25) is 0 Å². The molecular weight excluding hydrogens is 166 g/mol. The predicted molar refractivity (Wildman–Crippen MR) is 51.0 cm³/mol. The van der Waals surface area contributed by atoms with Crippen molar-refractivity contribution in [1.82, 2.24) is 4.98 Å². The lowest BCUT2D eigenvalue weighted by atomic mass is 10.1. The number of nitrogens with one attached hydrogen (secondary N) is 1. The number of carbonyl (C=O) groups is 1. The van der Waals surface area contributed by atoms with Crippen molar-refractivity contribution in [3.05, 3.63) is 23.0 Å². The van der Waals surface area contributed by atoms with Gasteiger partial charge >= 0.3 is 5.97 Å². The third-order valence-electron chi connectivity index (χ3n) is 1.88. The molecule has 3 nitrogen and oxygen atoms in total. The second kappa shape index (κ2) is 3.64. The third kappa shape index (κ3) is 2.34. The van der Waals surface area contributed by atoms with Crippen molar-refractivity contribution in [2.45, 2.75) is 27.2 Å². The van der Waals surface area contributed by atoms with Gasteiger partial charge in [-0.25, -0.2) is 4.79 Å². The summed E-state index contributed by atoms with van der Waals surface area (Å²) in [6, 6.07) is 1.68. The lowest BCUT2D eigenvalue weighted by Crippen LogP contribution is -2.03. The Bertz CT molecular complexity index is 313. The van der Waals surface area contributed by atoms with E-state index in [2.05, 4.69) is 18.8 Å². The van der Waals surface area contributed by atoms with Crippen molar-refractivity contribution in [3.8, 4) is 0 Å². The molecule has 0 fully saturated rings. The number of carboxylic acids is 1. The largest absolute Gasteiger partial charge is 0.478 e. The van der Waals surface area contributed by atoms with E-state index in [-0.39, 0.29) is 0 Å². The Hall–Kier alpha value is -1.25. The van der Waals surface area contributed by atoms with Gasteiger partial charge in [-0.15, -0.1) is 0 Å². The number of aromatic amines is 1.